The van der Waals surface area contributed by atoms with E-state index in [0.29, 0.717) is 16.9 Å². The first-order chi connectivity index (χ1) is 14.3. The Bertz CT molecular complexity index is 750. The van der Waals surface area contributed by atoms with E-state index in [1.54, 1.807) is 12.5 Å². The van der Waals surface area contributed by atoms with Gasteiger partial charge in [0.1, 0.15) is 6.10 Å². The molecule has 4 heteroatoms. The van der Waals surface area contributed by atoms with Gasteiger partial charge in [0.05, 0.1) is 6.10 Å². The normalized spacial score (nSPS) is 42.8. The molecule has 0 spiro atoms. The topological polar surface area (TPSA) is 35.5 Å². The minimum Gasteiger partial charge on any atom is -0.462 e. The lowest BCUT2D eigenvalue weighted by molar-refractivity contribution is -0.148. The Balaban J connectivity index is 1.53. The Morgan fingerprint density at radius 3 is 2.42 bits per heavy atom. The number of carbonyl (C=O) groups excluding carboxylic acids is 1. The van der Waals surface area contributed by atoms with Crippen molar-refractivity contribution in [1.82, 2.24) is 0 Å². The monoisotopic (exact) mass is 446 g/mol. The lowest BCUT2D eigenvalue weighted by atomic mass is 9.48. The van der Waals surface area contributed by atoms with E-state index >= 15 is 0 Å². The van der Waals surface area contributed by atoms with Gasteiger partial charge in [-0.2, -0.15) is 0 Å². The number of hydrogen-bond donors (Lipinski definition) is 0. The summed E-state index contributed by atoms with van der Waals surface area (Å²) in [5, 5.41) is 0.273. The van der Waals surface area contributed by atoms with Crippen molar-refractivity contribution in [2.75, 3.05) is 0 Å². The molecule has 0 heterocycles. The molecular weight excluding hydrogens is 400 g/mol. The lowest BCUT2D eigenvalue weighted by Gasteiger charge is -2.58. The van der Waals surface area contributed by atoms with Crippen molar-refractivity contribution in [2.24, 2.45) is 28.6 Å². The predicted molar refractivity (Wildman–Crippen MR) is 129 cm³/mol. The highest BCUT2D eigenvalue weighted by Crippen LogP contribution is 2.65. The zero-order valence-electron chi connectivity index (χ0n) is 21.3. The van der Waals surface area contributed by atoms with Gasteiger partial charge in [-0.1, -0.05) is 46.3 Å². The maximum absolute atomic E-state index is 11.5. The molecule has 4 aliphatic rings. The minimum absolute atomic E-state index is 0.0936. The van der Waals surface area contributed by atoms with Crippen molar-refractivity contribution in [1.29, 1.82) is 0 Å². The van der Waals surface area contributed by atoms with Crippen LogP contribution in [0.5, 0.6) is 0 Å². The Kier molecular flexibility index (Phi) is 5.86. The Morgan fingerprint density at radius 2 is 1.77 bits per heavy atom. The van der Waals surface area contributed by atoms with E-state index in [1.807, 2.05) is 0 Å². The van der Waals surface area contributed by atoms with Crippen LogP contribution in [0.4, 0.5) is 0 Å². The molecule has 31 heavy (non-hydrogen) atoms. The zero-order chi connectivity index (χ0) is 22.8. The van der Waals surface area contributed by atoms with Gasteiger partial charge in [-0.15, -0.1) is 0 Å². The van der Waals surface area contributed by atoms with Crippen molar-refractivity contribution in [3.63, 3.8) is 0 Å². The first-order valence-corrected chi connectivity index (χ1v) is 15.7. The number of ether oxygens (including phenoxy) is 1. The second-order valence-corrected chi connectivity index (χ2v) is 18.0. The van der Waals surface area contributed by atoms with Crippen molar-refractivity contribution in [2.45, 2.75) is 123 Å². The van der Waals surface area contributed by atoms with E-state index < -0.39 is 8.32 Å². The van der Waals surface area contributed by atoms with Crippen molar-refractivity contribution >= 4 is 14.3 Å². The summed E-state index contributed by atoms with van der Waals surface area (Å²) < 4.78 is 12.7. The molecule has 3 fully saturated rings. The van der Waals surface area contributed by atoms with Crippen LogP contribution in [0.25, 0.3) is 0 Å². The molecule has 176 valence electrons. The van der Waals surface area contributed by atoms with Gasteiger partial charge in [-0.3, -0.25) is 4.79 Å². The quantitative estimate of drug-likeness (QED) is 0.260. The number of allylic oxidation sites excluding steroid dienone is 1. The average molecular weight is 447 g/mol. The van der Waals surface area contributed by atoms with Gasteiger partial charge in [-0.05, 0) is 91.7 Å². The highest BCUT2D eigenvalue weighted by Gasteiger charge is 2.60. The molecule has 4 rings (SSSR count). The van der Waals surface area contributed by atoms with Crippen LogP contribution >= 0.6 is 0 Å². The Hall–Kier alpha value is -0.613. The molecule has 2 unspecified atom stereocenters. The summed E-state index contributed by atoms with van der Waals surface area (Å²) in [5.74, 6) is 2.25. The van der Waals surface area contributed by atoms with Crippen LogP contribution in [0, 0.1) is 28.6 Å². The number of hydrogen-bond acceptors (Lipinski definition) is 3. The molecule has 3 saturated carbocycles. The SMILES string of the molecule is CC(=O)OC1CC[C@@]2(C)C(=CC[C@@H]3[C@H]2CC[C@]2(C)C(O[Si](C)(C)C(C)(C)C)CC[C@@H]32)C1. The average Bonchev–Trinajstić information content (AvgIpc) is 2.96. The number of esters is 1. The van der Waals surface area contributed by atoms with Crippen LogP contribution in [0.3, 0.4) is 0 Å². The molecule has 7 atom stereocenters. The molecule has 0 bridgehead atoms. The summed E-state index contributed by atoms with van der Waals surface area (Å²) in [5.41, 5.74) is 2.23. The number of carbonyl (C=O) groups is 1. The minimum atomic E-state index is -1.75. The molecule has 0 amide bonds. The highest BCUT2D eigenvalue weighted by atomic mass is 28.4. The van der Waals surface area contributed by atoms with Crippen LogP contribution < -0.4 is 0 Å². The molecule has 0 N–H and O–H groups in total. The standard InChI is InChI=1S/C27H46O3Si/c1-18(28)29-20-13-15-26(5)19(17-20)9-10-21-22-11-12-24(27(22,6)16-14-23(21)26)30-31(7,8)25(2,3)4/h9,20-24H,10-17H2,1-8H3/t20?,21-,22-,23+,24?,26-,27-/m0/s1. The van der Waals surface area contributed by atoms with Crippen LogP contribution in [0.15, 0.2) is 11.6 Å². The molecule has 0 saturated heterocycles. The molecule has 0 aromatic carbocycles. The van der Waals surface area contributed by atoms with Crippen molar-refractivity contribution in [3.8, 4) is 0 Å². The summed E-state index contributed by atoms with van der Waals surface area (Å²) in [6.45, 7) is 18.6. The fraction of sp³-hybridized carbons (Fsp3) is 0.889. The van der Waals surface area contributed by atoms with Gasteiger partial charge in [0, 0.05) is 13.3 Å². The van der Waals surface area contributed by atoms with E-state index in [-0.39, 0.29) is 17.1 Å². The summed E-state index contributed by atoms with van der Waals surface area (Å²) in [6, 6.07) is 0. The van der Waals surface area contributed by atoms with E-state index in [4.69, 9.17) is 9.16 Å². The van der Waals surface area contributed by atoms with Gasteiger partial charge in [-0.25, -0.2) is 0 Å². The van der Waals surface area contributed by atoms with E-state index in [2.05, 4.69) is 53.8 Å². The summed E-state index contributed by atoms with van der Waals surface area (Å²) in [7, 11) is -1.75. The summed E-state index contributed by atoms with van der Waals surface area (Å²) >= 11 is 0. The van der Waals surface area contributed by atoms with Crippen molar-refractivity contribution < 1.29 is 14.0 Å². The fourth-order valence-electron chi connectivity index (χ4n) is 7.64. The van der Waals surface area contributed by atoms with E-state index in [1.165, 1.54) is 38.5 Å². The first-order valence-electron chi connectivity index (χ1n) is 12.8. The largest absolute Gasteiger partial charge is 0.462 e. The van der Waals surface area contributed by atoms with Crippen LogP contribution in [-0.2, 0) is 14.0 Å². The predicted octanol–water partition coefficient (Wildman–Crippen LogP) is 7.27. The molecule has 4 aliphatic carbocycles. The van der Waals surface area contributed by atoms with Gasteiger partial charge in [0.15, 0.2) is 8.32 Å². The van der Waals surface area contributed by atoms with E-state index in [0.717, 1.165) is 30.6 Å². The third-order valence-electron chi connectivity index (χ3n) is 10.5. The lowest BCUT2D eigenvalue weighted by Crippen LogP contribution is -2.53. The van der Waals surface area contributed by atoms with Crippen LogP contribution in [0.1, 0.15) is 92.9 Å². The summed E-state index contributed by atoms with van der Waals surface area (Å²) in [4.78, 5) is 11.5. The third-order valence-corrected chi connectivity index (χ3v) is 15.0. The smallest absolute Gasteiger partial charge is 0.302 e. The van der Waals surface area contributed by atoms with E-state index in [9.17, 15) is 4.79 Å². The zero-order valence-corrected chi connectivity index (χ0v) is 22.3. The third kappa shape index (κ3) is 3.88. The molecule has 0 aliphatic heterocycles. The van der Waals surface area contributed by atoms with Crippen LogP contribution in [0.2, 0.25) is 18.1 Å². The number of rotatable bonds is 3. The van der Waals surface area contributed by atoms with Gasteiger partial charge < -0.3 is 9.16 Å². The molecule has 3 nitrogen and oxygen atoms in total. The second-order valence-electron chi connectivity index (χ2n) is 13.2. The second kappa shape index (κ2) is 7.72. The van der Waals surface area contributed by atoms with Crippen LogP contribution in [-0.4, -0.2) is 26.5 Å². The van der Waals surface area contributed by atoms with Gasteiger partial charge in [0.2, 0.25) is 0 Å². The Morgan fingerprint density at radius 1 is 1.06 bits per heavy atom. The van der Waals surface area contributed by atoms with Crippen molar-refractivity contribution in [3.05, 3.63) is 11.6 Å². The van der Waals surface area contributed by atoms with Gasteiger partial charge >= 0.3 is 5.97 Å². The van der Waals surface area contributed by atoms with Gasteiger partial charge in [0.25, 0.3) is 0 Å². The molecule has 0 aromatic rings. The molecular formula is C27H46O3Si. The Labute approximate surface area is 191 Å². The number of fused-ring (bicyclic) bond motifs is 5. The molecule has 0 aromatic heterocycles. The highest BCUT2D eigenvalue weighted by molar-refractivity contribution is 6.74. The fourth-order valence-corrected chi connectivity index (χ4v) is 9.09. The maximum atomic E-state index is 11.5. The molecule has 0 radical (unpaired) electrons. The first kappa shape index (κ1) is 23.5. The maximum Gasteiger partial charge on any atom is 0.302 e. The summed E-state index contributed by atoms with van der Waals surface area (Å²) in [6.07, 6.45) is 12.7.